The molecule has 0 saturated heterocycles. The highest BCUT2D eigenvalue weighted by Gasteiger charge is 2.39. The van der Waals surface area contributed by atoms with Crippen molar-refractivity contribution in [1.29, 1.82) is 0 Å². The number of pyridine rings is 1. The maximum atomic E-state index is 13.3. The van der Waals surface area contributed by atoms with Gasteiger partial charge in [0, 0.05) is 22.8 Å². The van der Waals surface area contributed by atoms with Crippen LogP contribution in [-0.4, -0.2) is 34.6 Å². The number of nitrogens with zero attached hydrogens (tertiary/aromatic N) is 2. The quantitative estimate of drug-likeness (QED) is 0.761. The van der Waals surface area contributed by atoms with Crippen molar-refractivity contribution in [3.05, 3.63) is 58.3 Å². The molecule has 28 heavy (non-hydrogen) atoms. The van der Waals surface area contributed by atoms with E-state index in [1.54, 1.807) is 17.2 Å². The van der Waals surface area contributed by atoms with Crippen molar-refractivity contribution >= 4 is 33.5 Å². The summed E-state index contributed by atoms with van der Waals surface area (Å²) in [5.41, 5.74) is 1.94. The number of aromatic nitrogens is 1. The molecule has 1 N–H and O–H groups in total. The Hall–Kier alpha value is -2.25. The number of anilines is 1. The van der Waals surface area contributed by atoms with Gasteiger partial charge in [-0.15, -0.1) is 0 Å². The monoisotopic (exact) mass is 446 g/mol. The molecule has 2 atom stereocenters. The Morgan fingerprint density at radius 2 is 2.04 bits per heavy atom. The van der Waals surface area contributed by atoms with Crippen molar-refractivity contribution in [3.63, 3.8) is 0 Å². The predicted molar refractivity (Wildman–Crippen MR) is 109 cm³/mol. The van der Waals surface area contributed by atoms with Crippen LogP contribution in [0, 0.1) is 5.41 Å². The van der Waals surface area contributed by atoms with Gasteiger partial charge in [-0.05, 0) is 35.7 Å². The van der Waals surface area contributed by atoms with Crippen LogP contribution in [0.3, 0.4) is 0 Å². The molecule has 1 amide bonds. The van der Waals surface area contributed by atoms with Gasteiger partial charge in [-0.25, -0.2) is 0 Å². The fraction of sp³-hybridized carbons (Fsp3) is 0.381. The summed E-state index contributed by atoms with van der Waals surface area (Å²) in [7, 11) is 0. The minimum absolute atomic E-state index is 0.182. The normalized spacial score (nSPS) is 19.9. The number of amides is 1. The smallest absolute Gasteiger partial charge is 0.306 e. The maximum Gasteiger partial charge on any atom is 0.306 e. The lowest BCUT2D eigenvalue weighted by Crippen LogP contribution is -2.44. The summed E-state index contributed by atoms with van der Waals surface area (Å²) in [4.78, 5) is 30.7. The fourth-order valence-electron chi connectivity index (χ4n) is 3.26. The fourth-order valence-corrected chi connectivity index (χ4v) is 3.64. The lowest BCUT2D eigenvalue weighted by molar-refractivity contribution is -0.147. The lowest BCUT2D eigenvalue weighted by atomic mass is 9.94. The van der Waals surface area contributed by atoms with E-state index in [4.69, 9.17) is 4.74 Å². The molecule has 1 aliphatic rings. The van der Waals surface area contributed by atoms with E-state index in [-0.39, 0.29) is 11.3 Å². The Morgan fingerprint density at radius 3 is 2.64 bits per heavy atom. The van der Waals surface area contributed by atoms with Crippen molar-refractivity contribution in [2.45, 2.75) is 39.4 Å². The third kappa shape index (κ3) is 4.59. The van der Waals surface area contributed by atoms with E-state index >= 15 is 0 Å². The van der Waals surface area contributed by atoms with E-state index in [2.05, 4.69) is 20.9 Å². The van der Waals surface area contributed by atoms with Gasteiger partial charge in [0.25, 0.3) is 5.91 Å². The first-order valence-electron chi connectivity index (χ1n) is 9.05. The molecule has 3 rings (SSSR count). The van der Waals surface area contributed by atoms with Crippen LogP contribution in [-0.2, 0) is 14.3 Å². The second-order valence-electron chi connectivity index (χ2n) is 8.05. The summed E-state index contributed by atoms with van der Waals surface area (Å²) in [6.07, 6.45) is -0.495. The first-order chi connectivity index (χ1) is 13.2. The molecule has 0 spiro atoms. The largest absolute Gasteiger partial charge is 0.481 e. The van der Waals surface area contributed by atoms with Crippen LogP contribution in [0.15, 0.2) is 47.1 Å². The third-order valence-electron chi connectivity index (χ3n) is 4.35. The molecule has 0 aliphatic carbocycles. The molecule has 0 saturated carbocycles. The summed E-state index contributed by atoms with van der Waals surface area (Å²) in [6.45, 7) is 6.54. The molecule has 148 valence electrons. The summed E-state index contributed by atoms with van der Waals surface area (Å²) in [6, 6.07) is 11.1. The van der Waals surface area contributed by atoms with Gasteiger partial charge in [0.1, 0.15) is 12.2 Å². The number of carboxylic acids is 1. The molecule has 2 aromatic rings. The average Bonchev–Trinajstić information content (AvgIpc) is 2.71. The molecule has 1 aliphatic heterocycles. The Labute approximate surface area is 172 Å². The zero-order chi connectivity index (χ0) is 20.5. The van der Waals surface area contributed by atoms with Crippen molar-refractivity contribution in [3.8, 4) is 0 Å². The minimum Gasteiger partial charge on any atom is -0.481 e. The van der Waals surface area contributed by atoms with Gasteiger partial charge in [0.2, 0.25) is 0 Å². The Kier molecular flexibility index (Phi) is 5.86. The number of ether oxygens (including phenoxy) is 1. The van der Waals surface area contributed by atoms with Gasteiger partial charge in [-0.2, -0.15) is 0 Å². The summed E-state index contributed by atoms with van der Waals surface area (Å²) in [5.74, 6) is -1.43. The second-order valence-corrected chi connectivity index (χ2v) is 8.96. The van der Waals surface area contributed by atoms with E-state index < -0.39 is 24.6 Å². The van der Waals surface area contributed by atoms with Crippen LogP contribution in [0.2, 0.25) is 0 Å². The van der Waals surface area contributed by atoms with Gasteiger partial charge in [0.05, 0.1) is 17.8 Å². The summed E-state index contributed by atoms with van der Waals surface area (Å²) < 4.78 is 6.93. The number of aliphatic carboxylic acids is 1. The second kappa shape index (κ2) is 8.01. The van der Waals surface area contributed by atoms with Crippen molar-refractivity contribution in [2.75, 3.05) is 11.4 Å². The van der Waals surface area contributed by atoms with E-state index in [9.17, 15) is 14.7 Å². The van der Waals surface area contributed by atoms with E-state index in [0.29, 0.717) is 17.9 Å². The number of carboxylic acid groups (broad SMARTS) is 1. The highest BCUT2D eigenvalue weighted by atomic mass is 79.9. The molecule has 7 heteroatoms. The first kappa shape index (κ1) is 20.5. The van der Waals surface area contributed by atoms with Crippen molar-refractivity contribution in [2.24, 2.45) is 5.41 Å². The SMILES string of the molecule is CC(C)(C)CN1C(=O)[C@H](CC(=O)O)O[C@@H](c2ccccn2)c2cc(Br)ccc21. The number of carbonyl (C=O) groups is 2. The molecule has 0 radical (unpaired) electrons. The standard InChI is InChI=1S/C21H23BrN2O4/c1-21(2,3)12-24-16-8-7-13(22)10-14(16)19(15-6-4-5-9-23-15)28-17(20(24)27)11-18(25)26/h4-10,17,19H,11-12H2,1-3H3,(H,25,26)/t17-,19+/m0/s1. The number of halogens is 1. The number of rotatable bonds is 4. The number of carbonyl (C=O) groups excluding carboxylic acids is 1. The molecular weight excluding hydrogens is 424 g/mol. The van der Waals surface area contributed by atoms with Crippen LogP contribution in [0.25, 0.3) is 0 Å². The number of benzene rings is 1. The van der Waals surface area contributed by atoms with Crippen molar-refractivity contribution in [1.82, 2.24) is 4.98 Å². The average molecular weight is 447 g/mol. The zero-order valence-electron chi connectivity index (χ0n) is 16.1. The molecule has 1 aromatic heterocycles. The van der Waals surface area contributed by atoms with Crippen LogP contribution >= 0.6 is 15.9 Å². The van der Waals surface area contributed by atoms with Gasteiger partial charge >= 0.3 is 5.97 Å². The molecule has 2 heterocycles. The Morgan fingerprint density at radius 1 is 1.29 bits per heavy atom. The maximum absolute atomic E-state index is 13.3. The topological polar surface area (TPSA) is 79.7 Å². The van der Waals surface area contributed by atoms with Crippen LogP contribution in [0.1, 0.15) is 44.6 Å². The first-order valence-corrected chi connectivity index (χ1v) is 9.84. The van der Waals surface area contributed by atoms with E-state index in [0.717, 1.165) is 10.0 Å². The highest BCUT2D eigenvalue weighted by Crippen LogP contribution is 2.40. The van der Waals surface area contributed by atoms with Gasteiger partial charge in [0.15, 0.2) is 0 Å². The van der Waals surface area contributed by atoms with Crippen molar-refractivity contribution < 1.29 is 19.4 Å². The highest BCUT2D eigenvalue weighted by molar-refractivity contribution is 9.10. The van der Waals surface area contributed by atoms with E-state index in [1.165, 1.54) is 0 Å². The number of hydrogen-bond donors (Lipinski definition) is 1. The third-order valence-corrected chi connectivity index (χ3v) is 4.85. The van der Waals surface area contributed by atoms with Crippen LogP contribution in [0.5, 0.6) is 0 Å². The summed E-state index contributed by atoms with van der Waals surface area (Å²) in [5, 5.41) is 9.34. The Bertz CT molecular complexity index is 880. The zero-order valence-corrected chi connectivity index (χ0v) is 17.6. The van der Waals surface area contributed by atoms with Gasteiger partial charge in [-0.1, -0.05) is 42.8 Å². The molecule has 1 aromatic carbocycles. The molecule has 6 nitrogen and oxygen atoms in total. The minimum atomic E-state index is -1.10. The predicted octanol–water partition coefficient (Wildman–Crippen LogP) is 4.19. The lowest BCUT2D eigenvalue weighted by Gasteiger charge is -2.31. The van der Waals surface area contributed by atoms with Gasteiger partial charge in [-0.3, -0.25) is 14.6 Å². The molecule has 0 bridgehead atoms. The molecule has 0 fully saturated rings. The molecule has 0 unspecified atom stereocenters. The van der Waals surface area contributed by atoms with E-state index in [1.807, 2.05) is 51.1 Å². The number of hydrogen-bond acceptors (Lipinski definition) is 4. The van der Waals surface area contributed by atoms with Gasteiger partial charge < -0.3 is 14.7 Å². The Balaban J connectivity index is 2.18. The number of fused-ring (bicyclic) bond motifs is 1. The van der Waals surface area contributed by atoms with Crippen LogP contribution in [0.4, 0.5) is 5.69 Å². The molecular formula is C21H23BrN2O4. The summed E-state index contributed by atoms with van der Waals surface area (Å²) >= 11 is 3.49. The van der Waals surface area contributed by atoms with Crippen LogP contribution < -0.4 is 4.90 Å².